The fourth-order valence-electron chi connectivity index (χ4n) is 12.9. The van der Waals surface area contributed by atoms with Gasteiger partial charge in [0.15, 0.2) is 17.4 Å². The van der Waals surface area contributed by atoms with Crippen molar-refractivity contribution in [3.8, 4) is 29.0 Å². The van der Waals surface area contributed by atoms with Gasteiger partial charge in [0, 0.05) is 119 Å². The third-order valence-corrected chi connectivity index (χ3v) is 17.2. The number of para-hydroxylation sites is 1. The molecular formula is C58H70F2N12O7. The normalized spacial score (nSPS) is 24.6. The number of carbonyl (C=O) groups is 2. The molecule has 8 heterocycles. The number of β-amino-alcohol motifs (C(OH)–C–C–N with tert-alkyl or cyclic N) is 1. The molecule has 5 N–H and O–H groups in total. The summed E-state index contributed by atoms with van der Waals surface area (Å²) in [5.41, 5.74) is 8.97. The van der Waals surface area contributed by atoms with E-state index in [1.54, 1.807) is 18.2 Å². The fraction of sp³-hybridized carbons (Fsp3) is 0.534. The molecule has 5 aromatic rings. The van der Waals surface area contributed by atoms with Crippen LogP contribution in [0.4, 0.5) is 31.8 Å². The number of pyridine rings is 1. The van der Waals surface area contributed by atoms with Gasteiger partial charge in [0.05, 0.1) is 41.3 Å². The van der Waals surface area contributed by atoms with E-state index in [1.165, 1.54) is 11.8 Å². The molecule has 2 unspecified atom stereocenters. The summed E-state index contributed by atoms with van der Waals surface area (Å²) in [4.78, 5) is 43.4. The molecule has 6 aliphatic rings. The van der Waals surface area contributed by atoms with Gasteiger partial charge < -0.3 is 59.8 Å². The number of nitrogens with one attached hydrogen (secondary N) is 1. The number of rotatable bonds is 16. The van der Waals surface area contributed by atoms with E-state index < -0.39 is 53.1 Å². The summed E-state index contributed by atoms with van der Waals surface area (Å²) in [6.45, 7) is 11.4. The number of carbonyl (C=O) groups excluding carboxylic acids is 2. The van der Waals surface area contributed by atoms with Crippen molar-refractivity contribution in [1.29, 1.82) is 5.26 Å². The van der Waals surface area contributed by atoms with Gasteiger partial charge in [-0.15, -0.1) is 10.2 Å². The second-order valence-electron chi connectivity index (χ2n) is 22.9. The number of phenols is 1. The van der Waals surface area contributed by atoms with Gasteiger partial charge in [0.1, 0.15) is 41.5 Å². The number of piperazine rings is 1. The zero-order valence-corrected chi connectivity index (χ0v) is 45.0. The average molecular weight is 1090 g/mol. The van der Waals surface area contributed by atoms with Crippen molar-refractivity contribution in [2.45, 2.75) is 133 Å². The minimum Gasteiger partial charge on any atom is -0.507 e. The maximum absolute atomic E-state index is 14.8. The Balaban J connectivity index is 0.603. The minimum atomic E-state index is -1.05. The number of amides is 2. The summed E-state index contributed by atoms with van der Waals surface area (Å²) in [5, 5.41) is 45.8. The number of phenolic OH excluding ortho intramolecular Hbond substituents is 1. The first kappa shape index (κ1) is 53.8. The van der Waals surface area contributed by atoms with Crippen LogP contribution in [-0.2, 0) is 14.3 Å². The predicted octanol–water partition coefficient (Wildman–Crippen LogP) is 6.71. The van der Waals surface area contributed by atoms with E-state index in [0.29, 0.717) is 40.5 Å². The molecular weight excluding hydrogens is 1010 g/mol. The molecule has 1 aliphatic carbocycles. The number of fused-ring (bicyclic) bond motifs is 2. The number of aromatic nitrogens is 4. The van der Waals surface area contributed by atoms with E-state index in [0.717, 1.165) is 121 Å². The highest BCUT2D eigenvalue weighted by Gasteiger charge is 2.45. The summed E-state index contributed by atoms with van der Waals surface area (Å²) in [7, 11) is 0. The number of nitrogen functional groups attached to an aromatic ring is 1. The van der Waals surface area contributed by atoms with Crippen LogP contribution in [0.25, 0.3) is 11.3 Å². The molecule has 418 valence electrons. The van der Waals surface area contributed by atoms with Crippen molar-refractivity contribution in [1.82, 2.24) is 35.5 Å². The largest absolute Gasteiger partial charge is 0.507 e. The highest BCUT2D eigenvalue weighted by Crippen LogP contribution is 2.41. The molecule has 2 amide bonds. The average Bonchev–Trinajstić information content (AvgIpc) is 4.24. The number of piperidine rings is 2. The highest BCUT2D eigenvalue weighted by molar-refractivity contribution is 5.91. The van der Waals surface area contributed by atoms with Crippen LogP contribution in [0.2, 0.25) is 0 Å². The number of hydrogen-bond acceptors (Lipinski definition) is 17. The van der Waals surface area contributed by atoms with Gasteiger partial charge in [0.25, 0.3) is 0 Å². The van der Waals surface area contributed by atoms with Gasteiger partial charge in [-0.05, 0) is 93.7 Å². The van der Waals surface area contributed by atoms with Gasteiger partial charge in [-0.3, -0.25) is 9.59 Å². The molecule has 0 spiro atoms. The first-order chi connectivity index (χ1) is 38.2. The lowest BCUT2D eigenvalue weighted by Gasteiger charge is -2.43. The third kappa shape index (κ3) is 11.5. The second-order valence-corrected chi connectivity index (χ2v) is 22.9. The monoisotopic (exact) mass is 1080 g/mol. The van der Waals surface area contributed by atoms with Gasteiger partial charge in [-0.25, -0.2) is 13.8 Å². The quantitative estimate of drug-likeness (QED) is 0.0804. The summed E-state index contributed by atoms with van der Waals surface area (Å²) in [6.07, 6.45) is 9.16. The van der Waals surface area contributed by atoms with Crippen LogP contribution < -0.4 is 30.5 Å². The highest BCUT2D eigenvalue weighted by atomic mass is 19.1. The van der Waals surface area contributed by atoms with Crippen molar-refractivity contribution in [3.63, 3.8) is 0 Å². The number of benzene rings is 2. The van der Waals surface area contributed by atoms with E-state index in [-0.39, 0.29) is 60.6 Å². The Morgan fingerprint density at radius 3 is 2.34 bits per heavy atom. The van der Waals surface area contributed by atoms with Crippen molar-refractivity contribution in [3.05, 3.63) is 95.4 Å². The Kier molecular flexibility index (Phi) is 15.6. The van der Waals surface area contributed by atoms with Crippen molar-refractivity contribution in [2.24, 2.45) is 11.8 Å². The fourth-order valence-corrected chi connectivity index (χ4v) is 12.9. The second kappa shape index (κ2) is 22.9. The Morgan fingerprint density at radius 1 is 0.873 bits per heavy atom. The molecule has 6 atom stereocenters. The van der Waals surface area contributed by atoms with E-state index in [2.05, 4.69) is 57.4 Å². The minimum absolute atomic E-state index is 0.0200. The number of likely N-dealkylation sites (tertiary alicyclic amines) is 2. The molecule has 2 bridgehead atoms. The van der Waals surface area contributed by atoms with Crippen molar-refractivity contribution in [2.75, 3.05) is 72.8 Å². The number of aromatic hydroxyl groups is 1. The molecule has 79 heavy (non-hydrogen) atoms. The standard InChI is InChI=1S/C58H70F2N12O7/c1-33(2)55(58(76)71-32-40(73)22-50(71)57(75)64-34(3)45-25-46(59)36(28-61)20-47(45)60)52-27-53(67-79-52)69-18-11-35(12-19-69)29-68-16-13-41(14-17-68)77-42-23-43(24-42)78-54-21-37(10-15-63-54)72-38-8-9-39(72)31-70(30-38)49-26-48(65-66-56(49)62)44-6-4-5-7-51(44)74/h4-7,10,15,20-21,25-27,33-35,38-43,50,55,73-74H,8-9,11-14,16-19,22-24,29-32H2,1-3H3,(H2,62,66)(H,64,75)/t34-,38?,39?,40-,42-,43-,50+,55-/m1/s1. The van der Waals surface area contributed by atoms with Crippen LogP contribution in [-0.4, -0.2) is 147 Å². The number of nitrogens with two attached hydrogens (primary N) is 1. The number of anilines is 4. The summed E-state index contributed by atoms with van der Waals surface area (Å²) >= 11 is 0. The lowest BCUT2D eigenvalue weighted by molar-refractivity contribution is -0.141. The lowest BCUT2D eigenvalue weighted by atomic mass is 9.91. The Bertz CT molecular complexity index is 3030. The molecule has 5 saturated heterocycles. The van der Waals surface area contributed by atoms with Crippen LogP contribution in [0, 0.1) is 34.8 Å². The SMILES string of the molecule is CC(C)[C@@H](C(=O)N1C[C@H](O)C[C@H]1C(=O)N[C@H](C)c1cc(F)c(C#N)cc1F)c1cc(N2CCC(CN3CCC(O[C@H]4C[C@H](Oc5cc(N6C7CCC6CN(c6cc(-c8ccccc8O)nnc6N)C7)ccn5)C4)CC3)CC2)no1. The maximum atomic E-state index is 14.8. The topological polar surface area (TPSA) is 236 Å². The van der Waals surface area contributed by atoms with Gasteiger partial charge >= 0.3 is 0 Å². The number of nitrogens with zero attached hydrogens (tertiary/aromatic N) is 10. The van der Waals surface area contributed by atoms with E-state index >= 15 is 0 Å². The molecule has 21 heteroatoms. The third-order valence-electron chi connectivity index (χ3n) is 17.2. The van der Waals surface area contributed by atoms with Crippen LogP contribution >= 0.6 is 0 Å². The molecule has 5 aliphatic heterocycles. The molecule has 3 aromatic heterocycles. The molecule has 1 saturated carbocycles. The number of ether oxygens (including phenoxy) is 2. The Morgan fingerprint density at radius 2 is 1.62 bits per heavy atom. The van der Waals surface area contributed by atoms with Crippen LogP contribution in [0.3, 0.4) is 0 Å². The van der Waals surface area contributed by atoms with Crippen LogP contribution in [0.1, 0.15) is 107 Å². The molecule has 0 radical (unpaired) electrons. The van der Waals surface area contributed by atoms with E-state index in [1.807, 2.05) is 44.3 Å². The van der Waals surface area contributed by atoms with Crippen molar-refractivity contribution >= 4 is 34.8 Å². The first-order valence-electron chi connectivity index (χ1n) is 28.0. The number of aliphatic hydroxyl groups excluding tert-OH is 1. The smallest absolute Gasteiger partial charge is 0.243 e. The Hall–Kier alpha value is -7.15. The number of hydrogen-bond donors (Lipinski definition) is 4. The summed E-state index contributed by atoms with van der Waals surface area (Å²) in [5.74, 6) is -1.02. The molecule has 11 rings (SSSR count). The van der Waals surface area contributed by atoms with Crippen LogP contribution in [0.5, 0.6) is 11.6 Å². The zero-order valence-electron chi connectivity index (χ0n) is 45.0. The zero-order chi connectivity index (χ0) is 55.1. The summed E-state index contributed by atoms with van der Waals surface area (Å²) < 4.78 is 48.1. The van der Waals surface area contributed by atoms with Crippen molar-refractivity contribution < 1.29 is 42.6 Å². The Labute approximate surface area is 458 Å². The molecule has 19 nitrogen and oxygen atoms in total. The van der Waals surface area contributed by atoms with Crippen LogP contribution in [0.15, 0.2) is 71.4 Å². The molecule has 2 aromatic carbocycles. The van der Waals surface area contributed by atoms with Gasteiger partial charge in [-0.2, -0.15) is 5.26 Å². The van der Waals surface area contributed by atoms with Gasteiger partial charge in [0.2, 0.25) is 17.7 Å². The summed E-state index contributed by atoms with van der Waals surface area (Å²) in [6, 6.07) is 16.9. The first-order valence-corrected chi connectivity index (χ1v) is 28.0. The number of halogens is 2. The predicted molar refractivity (Wildman–Crippen MR) is 290 cm³/mol. The lowest BCUT2D eigenvalue weighted by Crippen LogP contribution is -2.54. The number of nitriles is 1. The molecule has 6 fully saturated rings. The van der Waals surface area contributed by atoms with E-state index in [4.69, 9.17) is 25.0 Å². The van der Waals surface area contributed by atoms with Gasteiger partial charge in [-0.1, -0.05) is 31.1 Å². The number of aliphatic hydroxyl groups is 1. The maximum Gasteiger partial charge on any atom is 0.243 e. The van der Waals surface area contributed by atoms with E-state index in [9.17, 15) is 28.6 Å².